The molecule has 4 aromatic carbocycles. The molecule has 204 valence electrons. The molecule has 0 aliphatic carbocycles. The van der Waals surface area contributed by atoms with Gasteiger partial charge in [0.1, 0.15) is 36.2 Å². The van der Waals surface area contributed by atoms with E-state index in [4.69, 9.17) is 18.9 Å². The molecule has 0 aromatic heterocycles. The fourth-order valence-electron chi connectivity index (χ4n) is 3.88. The molecule has 39 heavy (non-hydrogen) atoms. The van der Waals surface area contributed by atoms with E-state index in [1.54, 1.807) is 50.6 Å². The Morgan fingerprint density at radius 2 is 0.974 bits per heavy atom. The van der Waals surface area contributed by atoms with Crippen molar-refractivity contribution in [3.8, 4) is 23.0 Å². The quantitative estimate of drug-likeness (QED) is 0.237. The van der Waals surface area contributed by atoms with Gasteiger partial charge in [0.25, 0.3) is 0 Å². The van der Waals surface area contributed by atoms with Gasteiger partial charge in [0, 0.05) is 16.5 Å². The number of benzene rings is 4. The Bertz CT molecular complexity index is 1230. The van der Waals surface area contributed by atoms with Gasteiger partial charge in [-0.25, -0.2) is 4.79 Å². The van der Waals surface area contributed by atoms with Crippen LogP contribution in [0.2, 0.25) is 0 Å². The molecule has 0 atom stereocenters. The van der Waals surface area contributed by atoms with Crippen LogP contribution in [0.1, 0.15) is 36.1 Å². The first-order valence-electron chi connectivity index (χ1n) is 12.4. The second-order valence-corrected chi connectivity index (χ2v) is 9.17. The van der Waals surface area contributed by atoms with Gasteiger partial charge in [0.05, 0.1) is 14.2 Å². The van der Waals surface area contributed by atoms with E-state index in [0.717, 1.165) is 22.3 Å². The molecule has 0 aliphatic heterocycles. The summed E-state index contributed by atoms with van der Waals surface area (Å²) in [6, 6.07) is 29.1. The highest BCUT2D eigenvalue weighted by Crippen LogP contribution is 2.33. The molecule has 7 nitrogen and oxygen atoms in total. The average Bonchev–Trinajstić information content (AvgIpc) is 2.96. The van der Waals surface area contributed by atoms with Gasteiger partial charge >= 0.3 is 6.16 Å². The molecule has 0 heterocycles. The minimum absolute atomic E-state index is 0.0920. The molecule has 0 unspecified atom stereocenters. The fraction of sp³-hybridized carbons (Fsp3) is 0.219. The third-order valence-electron chi connectivity index (χ3n) is 6.25. The zero-order valence-corrected chi connectivity index (χ0v) is 22.6. The van der Waals surface area contributed by atoms with Gasteiger partial charge in [0.2, 0.25) is 0 Å². The van der Waals surface area contributed by atoms with Gasteiger partial charge in [-0.05, 0) is 47.5 Å². The van der Waals surface area contributed by atoms with Crippen molar-refractivity contribution in [3.63, 3.8) is 0 Å². The van der Waals surface area contributed by atoms with Crippen LogP contribution in [0.25, 0.3) is 0 Å². The Balaban J connectivity index is 0.000000223. The number of aromatic hydroxyl groups is 2. The van der Waals surface area contributed by atoms with Crippen molar-refractivity contribution in [1.82, 2.24) is 0 Å². The maximum Gasteiger partial charge on any atom is 0.508 e. The first kappa shape index (κ1) is 28.9. The number of methoxy groups -OCH3 is 2. The monoisotopic (exact) mass is 530 g/mol. The lowest BCUT2D eigenvalue weighted by atomic mass is 9.78. The highest BCUT2D eigenvalue weighted by molar-refractivity contribution is 5.60. The second kappa shape index (κ2) is 13.8. The average molecular weight is 531 g/mol. The summed E-state index contributed by atoms with van der Waals surface area (Å²) >= 11 is 0. The number of phenols is 2. The highest BCUT2D eigenvalue weighted by Gasteiger charge is 2.22. The zero-order chi connectivity index (χ0) is 28.3. The van der Waals surface area contributed by atoms with E-state index in [0.29, 0.717) is 11.5 Å². The molecule has 0 aliphatic rings. The molecule has 7 heteroatoms. The number of rotatable bonds is 8. The molecule has 0 amide bonds. The van der Waals surface area contributed by atoms with E-state index < -0.39 is 6.16 Å². The number of carbonyl (C=O) groups excluding carboxylic acids is 1. The molecule has 4 aromatic rings. The predicted octanol–water partition coefficient (Wildman–Crippen LogP) is 6.98. The first-order chi connectivity index (χ1) is 18.7. The Kier molecular flexibility index (Phi) is 10.2. The van der Waals surface area contributed by atoms with Crippen LogP contribution in [-0.4, -0.2) is 30.6 Å². The lowest BCUT2D eigenvalue weighted by Gasteiger charge is -2.26. The predicted molar refractivity (Wildman–Crippen MR) is 149 cm³/mol. The summed E-state index contributed by atoms with van der Waals surface area (Å²) in [6.45, 7) is 4.42. The first-order valence-corrected chi connectivity index (χ1v) is 12.4. The minimum atomic E-state index is -0.739. The smallest absolute Gasteiger partial charge is 0.508 e. The summed E-state index contributed by atoms with van der Waals surface area (Å²) in [5, 5.41) is 18.6. The van der Waals surface area contributed by atoms with Crippen molar-refractivity contribution in [2.75, 3.05) is 14.2 Å². The molecule has 0 radical (unpaired) electrons. The lowest BCUT2D eigenvalue weighted by Crippen LogP contribution is -2.18. The summed E-state index contributed by atoms with van der Waals surface area (Å²) in [7, 11) is 3.14. The van der Waals surface area contributed by atoms with Gasteiger partial charge in [0.15, 0.2) is 0 Å². The van der Waals surface area contributed by atoms with Crippen molar-refractivity contribution in [1.29, 1.82) is 0 Å². The van der Waals surface area contributed by atoms with Crippen LogP contribution >= 0.6 is 0 Å². The number of hydrogen-bond acceptors (Lipinski definition) is 7. The molecular weight excluding hydrogens is 496 g/mol. The van der Waals surface area contributed by atoms with E-state index in [-0.39, 0.29) is 30.1 Å². The van der Waals surface area contributed by atoms with Crippen molar-refractivity contribution < 1.29 is 34.0 Å². The van der Waals surface area contributed by atoms with Gasteiger partial charge in [-0.1, -0.05) is 74.5 Å². The Morgan fingerprint density at radius 3 is 1.33 bits per heavy atom. The van der Waals surface area contributed by atoms with E-state index >= 15 is 0 Å². The molecule has 0 bridgehead atoms. The number of carbonyl (C=O) groups is 1. The standard InChI is InChI=1S/C17H18O5.C15H16O2/c1-19-15-9-5-3-7-13(15)11-21-17(18)22-12-14-8-4-6-10-16(14)20-2;1-15(2,11-3-7-13(16)8-4-11)12-5-9-14(17)10-6-12/h3-10H,11-12H2,1-2H3;3-10,16-17H,1-2H3. The van der Waals surface area contributed by atoms with Crippen molar-refractivity contribution in [2.45, 2.75) is 32.5 Å². The number of para-hydroxylation sites is 2. The Morgan fingerprint density at radius 1 is 0.615 bits per heavy atom. The van der Waals surface area contributed by atoms with Gasteiger partial charge in [-0.2, -0.15) is 0 Å². The van der Waals surface area contributed by atoms with Crippen LogP contribution in [0.5, 0.6) is 23.0 Å². The van der Waals surface area contributed by atoms with Crippen molar-refractivity contribution in [2.24, 2.45) is 0 Å². The van der Waals surface area contributed by atoms with E-state index in [1.165, 1.54) is 0 Å². The molecular formula is C32H34O7. The van der Waals surface area contributed by atoms with E-state index in [2.05, 4.69) is 13.8 Å². The van der Waals surface area contributed by atoms with Gasteiger partial charge in [-0.3, -0.25) is 0 Å². The van der Waals surface area contributed by atoms with Crippen LogP contribution in [0.4, 0.5) is 4.79 Å². The SMILES string of the molecule is CC(C)(c1ccc(O)cc1)c1ccc(O)cc1.COc1ccccc1COC(=O)OCc1ccccc1OC. The molecule has 0 saturated carbocycles. The summed E-state index contributed by atoms with van der Waals surface area (Å²) < 4.78 is 20.5. The second-order valence-electron chi connectivity index (χ2n) is 9.17. The summed E-state index contributed by atoms with van der Waals surface area (Å²) in [4.78, 5) is 11.7. The fourth-order valence-corrected chi connectivity index (χ4v) is 3.88. The molecule has 0 saturated heterocycles. The highest BCUT2D eigenvalue weighted by atomic mass is 16.7. The Hall–Kier alpha value is -4.65. The summed E-state index contributed by atoms with van der Waals surface area (Å²) in [5.41, 5.74) is 3.65. The third-order valence-corrected chi connectivity index (χ3v) is 6.25. The zero-order valence-electron chi connectivity index (χ0n) is 22.6. The maximum atomic E-state index is 11.7. The summed E-state index contributed by atoms with van der Waals surface area (Å²) in [6.07, 6.45) is -0.739. The molecule has 2 N–H and O–H groups in total. The van der Waals surface area contributed by atoms with Crippen molar-refractivity contribution in [3.05, 3.63) is 119 Å². The summed E-state index contributed by atoms with van der Waals surface area (Å²) in [5.74, 6) is 1.88. The lowest BCUT2D eigenvalue weighted by molar-refractivity contribution is 0.0438. The third kappa shape index (κ3) is 8.17. The van der Waals surface area contributed by atoms with Gasteiger partial charge in [-0.15, -0.1) is 0 Å². The normalized spacial score (nSPS) is 10.6. The van der Waals surface area contributed by atoms with Gasteiger partial charge < -0.3 is 29.2 Å². The van der Waals surface area contributed by atoms with E-state index in [9.17, 15) is 15.0 Å². The minimum Gasteiger partial charge on any atom is -0.508 e. The number of phenolic OH excluding ortho intramolecular Hbond substituents is 2. The van der Waals surface area contributed by atoms with Crippen LogP contribution in [0, 0.1) is 0 Å². The topological polar surface area (TPSA) is 94.5 Å². The van der Waals surface area contributed by atoms with Crippen LogP contribution < -0.4 is 9.47 Å². The Labute approximate surface area is 229 Å². The largest absolute Gasteiger partial charge is 0.508 e. The number of ether oxygens (including phenoxy) is 4. The molecule has 4 rings (SSSR count). The molecule has 0 spiro atoms. The molecule has 0 fully saturated rings. The maximum absolute atomic E-state index is 11.7. The number of hydrogen-bond donors (Lipinski definition) is 2. The van der Waals surface area contributed by atoms with Crippen molar-refractivity contribution >= 4 is 6.16 Å². The van der Waals surface area contributed by atoms with Crippen LogP contribution in [0.15, 0.2) is 97.1 Å². The van der Waals surface area contributed by atoms with E-state index in [1.807, 2.05) is 60.7 Å². The van der Waals surface area contributed by atoms with Crippen LogP contribution in [0.3, 0.4) is 0 Å². The van der Waals surface area contributed by atoms with Crippen LogP contribution in [-0.2, 0) is 28.1 Å².